The second-order valence-electron chi connectivity index (χ2n) is 3.63. The van der Waals surface area contributed by atoms with E-state index in [1.54, 1.807) is 5.56 Å². The van der Waals surface area contributed by atoms with Gasteiger partial charge in [0.25, 0.3) is 0 Å². The van der Waals surface area contributed by atoms with Crippen LogP contribution >= 0.6 is 0 Å². The van der Waals surface area contributed by atoms with Crippen LogP contribution in [0.15, 0.2) is 30.3 Å². The van der Waals surface area contributed by atoms with E-state index in [0.717, 1.165) is 5.92 Å². The standard InChI is InChI=1S/C10H10/c1-2-4-8(5-3-1)10-6-9(10)7-10/h1-5,9H,6-7H2. The molecule has 0 bridgehead atoms. The van der Waals surface area contributed by atoms with Gasteiger partial charge in [-0.2, -0.15) is 0 Å². The van der Waals surface area contributed by atoms with E-state index in [2.05, 4.69) is 30.3 Å². The van der Waals surface area contributed by atoms with Gasteiger partial charge in [-0.05, 0) is 29.7 Å². The molecule has 0 heterocycles. The van der Waals surface area contributed by atoms with Crippen LogP contribution in [0.4, 0.5) is 0 Å². The van der Waals surface area contributed by atoms with E-state index in [1.807, 2.05) is 0 Å². The van der Waals surface area contributed by atoms with E-state index < -0.39 is 0 Å². The molecule has 3 rings (SSSR count). The minimum atomic E-state index is 0.710. The van der Waals surface area contributed by atoms with E-state index in [1.165, 1.54) is 12.8 Å². The second-order valence-corrected chi connectivity index (χ2v) is 3.63. The lowest BCUT2D eigenvalue weighted by Gasteiger charge is -2.00. The topological polar surface area (TPSA) is 0 Å². The normalized spacial score (nSPS) is 40.6. The summed E-state index contributed by atoms with van der Waals surface area (Å²) >= 11 is 0. The molecule has 1 aromatic rings. The summed E-state index contributed by atoms with van der Waals surface area (Å²) in [5, 5.41) is 0. The summed E-state index contributed by atoms with van der Waals surface area (Å²) in [7, 11) is 0. The largest absolute Gasteiger partial charge is 0.0622 e. The van der Waals surface area contributed by atoms with Crippen molar-refractivity contribution in [3.05, 3.63) is 35.9 Å². The van der Waals surface area contributed by atoms with Gasteiger partial charge in [0.1, 0.15) is 0 Å². The maximum absolute atomic E-state index is 2.27. The zero-order valence-corrected chi connectivity index (χ0v) is 5.88. The molecule has 0 atom stereocenters. The predicted molar refractivity (Wildman–Crippen MR) is 40.8 cm³/mol. The highest BCUT2D eigenvalue weighted by molar-refractivity contribution is 5.43. The molecule has 0 aliphatic heterocycles. The Morgan fingerprint density at radius 1 is 1.10 bits per heavy atom. The summed E-state index contributed by atoms with van der Waals surface area (Å²) in [6.07, 6.45) is 2.94. The van der Waals surface area contributed by atoms with Gasteiger partial charge in [-0.1, -0.05) is 30.3 Å². The number of rotatable bonds is 1. The smallest absolute Gasteiger partial charge is 0.00122 e. The van der Waals surface area contributed by atoms with Crippen LogP contribution in [0.1, 0.15) is 18.4 Å². The van der Waals surface area contributed by atoms with E-state index in [-0.39, 0.29) is 0 Å². The second kappa shape index (κ2) is 1.29. The van der Waals surface area contributed by atoms with Crippen molar-refractivity contribution >= 4 is 0 Å². The average Bonchev–Trinajstić information content (AvgIpc) is 2.74. The summed E-state index contributed by atoms with van der Waals surface area (Å²) in [6, 6.07) is 10.9. The maximum atomic E-state index is 2.27. The summed E-state index contributed by atoms with van der Waals surface area (Å²) < 4.78 is 0. The van der Waals surface area contributed by atoms with Crippen molar-refractivity contribution in [3.63, 3.8) is 0 Å². The van der Waals surface area contributed by atoms with Gasteiger partial charge in [-0.25, -0.2) is 0 Å². The molecule has 50 valence electrons. The third-order valence-electron chi connectivity index (χ3n) is 3.03. The zero-order chi connectivity index (χ0) is 6.60. The van der Waals surface area contributed by atoms with E-state index in [4.69, 9.17) is 0 Å². The van der Waals surface area contributed by atoms with Crippen molar-refractivity contribution in [2.75, 3.05) is 0 Å². The number of hydrogen-bond donors (Lipinski definition) is 0. The molecule has 0 N–H and O–H groups in total. The quantitative estimate of drug-likeness (QED) is 0.547. The van der Waals surface area contributed by atoms with Crippen molar-refractivity contribution in [1.82, 2.24) is 0 Å². The Labute approximate surface area is 60.9 Å². The van der Waals surface area contributed by atoms with Gasteiger partial charge in [-0.3, -0.25) is 0 Å². The van der Waals surface area contributed by atoms with Gasteiger partial charge in [-0.15, -0.1) is 0 Å². The van der Waals surface area contributed by atoms with Gasteiger partial charge >= 0.3 is 0 Å². The molecule has 0 amide bonds. The Morgan fingerprint density at radius 2 is 1.70 bits per heavy atom. The first-order chi connectivity index (χ1) is 4.92. The lowest BCUT2D eigenvalue weighted by atomic mass is 10.0. The summed E-state index contributed by atoms with van der Waals surface area (Å²) in [4.78, 5) is 0. The van der Waals surface area contributed by atoms with Crippen LogP contribution in [0.3, 0.4) is 0 Å². The van der Waals surface area contributed by atoms with Crippen molar-refractivity contribution < 1.29 is 0 Å². The van der Waals surface area contributed by atoms with Crippen molar-refractivity contribution in [2.45, 2.75) is 18.3 Å². The molecule has 0 spiro atoms. The molecular weight excluding hydrogens is 120 g/mol. The fourth-order valence-corrected chi connectivity index (χ4v) is 1.94. The van der Waals surface area contributed by atoms with Crippen molar-refractivity contribution in [2.24, 2.45) is 5.92 Å². The maximum Gasteiger partial charge on any atom is -0.00122 e. The molecule has 0 unspecified atom stereocenters. The van der Waals surface area contributed by atoms with Crippen LogP contribution in [-0.2, 0) is 5.41 Å². The van der Waals surface area contributed by atoms with Crippen LogP contribution in [0.2, 0.25) is 0 Å². The van der Waals surface area contributed by atoms with Crippen LogP contribution < -0.4 is 0 Å². The summed E-state index contributed by atoms with van der Waals surface area (Å²) in [5.74, 6) is 1.08. The lowest BCUT2D eigenvalue weighted by Crippen LogP contribution is -1.90. The SMILES string of the molecule is c1ccc(C23CC2C3)cc1. The summed E-state index contributed by atoms with van der Waals surface area (Å²) in [5.41, 5.74) is 2.29. The molecule has 2 aliphatic rings. The fraction of sp³-hybridized carbons (Fsp3) is 0.400. The first-order valence-electron chi connectivity index (χ1n) is 3.97. The number of hydrogen-bond acceptors (Lipinski definition) is 0. The highest BCUT2D eigenvalue weighted by Crippen LogP contribution is 2.75. The Balaban J connectivity index is 2.07. The van der Waals surface area contributed by atoms with Crippen LogP contribution in [0.25, 0.3) is 0 Å². The molecule has 0 heteroatoms. The number of fused-ring (bicyclic) bond motifs is 1. The van der Waals surface area contributed by atoms with Crippen molar-refractivity contribution in [1.29, 1.82) is 0 Å². The molecule has 0 saturated heterocycles. The Morgan fingerprint density at radius 3 is 2.20 bits per heavy atom. The van der Waals surface area contributed by atoms with Gasteiger partial charge in [0.2, 0.25) is 0 Å². The molecule has 10 heavy (non-hydrogen) atoms. The highest BCUT2D eigenvalue weighted by atomic mass is 14.7. The van der Waals surface area contributed by atoms with Crippen molar-refractivity contribution in [3.8, 4) is 0 Å². The minimum absolute atomic E-state index is 0.710. The first kappa shape index (κ1) is 4.95. The monoisotopic (exact) mass is 130 g/mol. The van der Waals surface area contributed by atoms with Gasteiger partial charge in [0.15, 0.2) is 0 Å². The van der Waals surface area contributed by atoms with E-state index in [9.17, 15) is 0 Å². The summed E-state index contributed by atoms with van der Waals surface area (Å²) in [6.45, 7) is 0. The van der Waals surface area contributed by atoms with E-state index >= 15 is 0 Å². The zero-order valence-electron chi connectivity index (χ0n) is 5.88. The van der Waals surface area contributed by atoms with Gasteiger partial charge < -0.3 is 0 Å². The fourth-order valence-electron chi connectivity index (χ4n) is 1.94. The predicted octanol–water partition coefficient (Wildman–Crippen LogP) is 2.35. The van der Waals surface area contributed by atoms with Gasteiger partial charge in [0.05, 0.1) is 0 Å². The average molecular weight is 130 g/mol. The molecule has 1 aromatic carbocycles. The third kappa shape index (κ3) is 0.439. The molecule has 2 saturated carbocycles. The van der Waals surface area contributed by atoms with E-state index in [0.29, 0.717) is 5.41 Å². The highest BCUT2D eigenvalue weighted by Gasteiger charge is 2.70. The molecule has 2 fully saturated rings. The molecule has 0 nitrogen and oxygen atoms in total. The molecule has 0 radical (unpaired) electrons. The Hall–Kier alpha value is -0.780. The van der Waals surface area contributed by atoms with Gasteiger partial charge in [0, 0.05) is 0 Å². The minimum Gasteiger partial charge on any atom is -0.0622 e. The third-order valence-corrected chi connectivity index (χ3v) is 3.03. The van der Waals surface area contributed by atoms with Crippen LogP contribution in [0.5, 0.6) is 0 Å². The molecular formula is C10H10. The Kier molecular flexibility index (Phi) is 0.639. The molecule has 0 aromatic heterocycles. The molecule has 2 aliphatic carbocycles. The first-order valence-corrected chi connectivity index (χ1v) is 3.97. The number of benzene rings is 1. The van der Waals surface area contributed by atoms with Crippen LogP contribution in [-0.4, -0.2) is 0 Å². The van der Waals surface area contributed by atoms with Crippen LogP contribution in [0, 0.1) is 5.92 Å². The Bertz CT molecular complexity index is 255. The lowest BCUT2D eigenvalue weighted by molar-refractivity contribution is 0.822.